The van der Waals surface area contributed by atoms with Gasteiger partial charge in [-0.1, -0.05) is 0 Å². The summed E-state index contributed by atoms with van der Waals surface area (Å²) in [6.07, 6.45) is 6.62. The first-order valence-electron chi connectivity index (χ1n) is 9.63. The minimum absolute atomic E-state index is 0.116. The molecule has 1 amide bonds. The van der Waals surface area contributed by atoms with Crippen molar-refractivity contribution in [3.8, 4) is 0 Å². The van der Waals surface area contributed by atoms with Crippen LogP contribution in [0.5, 0.6) is 0 Å². The number of aryl methyl sites for hydroxylation is 2. The van der Waals surface area contributed by atoms with Crippen LogP contribution in [-0.2, 0) is 17.6 Å². The van der Waals surface area contributed by atoms with Crippen molar-refractivity contribution in [3.63, 3.8) is 0 Å². The number of piperazine rings is 1. The maximum atomic E-state index is 12.0. The van der Waals surface area contributed by atoms with Gasteiger partial charge in [0.05, 0.1) is 11.9 Å². The molecule has 3 heterocycles. The standard InChI is InChI=1S/C19H27N5OS/c1-13(2)22-16(25)11-23-7-9-24(10-8-23)18-17-14-5-3-4-6-15(14)26-19(17)21-12-20-18/h12-13H,3-11H2,1-2H3,(H,22,25). The van der Waals surface area contributed by atoms with Gasteiger partial charge in [-0.2, -0.15) is 0 Å². The predicted octanol–water partition coefficient (Wildman–Crippen LogP) is 2.22. The summed E-state index contributed by atoms with van der Waals surface area (Å²) in [7, 11) is 0. The second-order valence-electron chi connectivity index (χ2n) is 7.57. The Morgan fingerprint density at radius 2 is 1.96 bits per heavy atom. The molecule has 1 fully saturated rings. The van der Waals surface area contributed by atoms with Gasteiger partial charge >= 0.3 is 0 Å². The van der Waals surface area contributed by atoms with E-state index >= 15 is 0 Å². The molecule has 2 aliphatic rings. The summed E-state index contributed by atoms with van der Waals surface area (Å²) in [6.45, 7) is 8.08. The second-order valence-corrected chi connectivity index (χ2v) is 8.66. The first-order valence-corrected chi connectivity index (χ1v) is 10.5. The lowest BCUT2D eigenvalue weighted by molar-refractivity contribution is -0.122. The molecule has 2 aromatic heterocycles. The molecule has 26 heavy (non-hydrogen) atoms. The normalized spacial score (nSPS) is 18.3. The molecular formula is C19H27N5OS. The van der Waals surface area contributed by atoms with Crippen molar-refractivity contribution in [2.45, 2.75) is 45.6 Å². The van der Waals surface area contributed by atoms with Gasteiger partial charge in [-0.05, 0) is 45.1 Å². The van der Waals surface area contributed by atoms with E-state index in [0.29, 0.717) is 6.54 Å². The highest BCUT2D eigenvalue weighted by Gasteiger charge is 2.25. The Bertz CT molecular complexity index is 795. The third-order valence-electron chi connectivity index (χ3n) is 5.22. The van der Waals surface area contributed by atoms with Gasteiger partial charge in [0.15, 0.2) is 0 Å². The zero-order valence-electron chi connectivity index (χ0n) is 15.6. The number of rotatable bonds is 4. The Labute approximate surface area is 158 Å². The molecule has 0 atom stereocenters. The monoisotopic (exact) mass is 373 g/mol. The summed E-state index contributed by atoms with van der Waals surface area (Å²) in [5, 5.41) is 4.26. The van der Waals surface area contributed by atoms with Crippen LogP contribution in [0, 0.1) is 0 Å². The van der Waals surface area contributed by atoms with Crippen molar-refractivity contribution in [1.29, 1.82) is 0 Å². The lowest BCUT2D eigenvalue weighted by Crippen LogP contribution is -2.50. The van der Waals surface area contributed by atoms with Crippen molar-refractivity contribution in [2.24, 2.45) is 0 Å². The molecule has 140 valence electrons. The van der Waals surface area contributed by atoms with Crippen molar-refractivity contribution in [2.75, 3.05) is 37.6 Å². The maximum Gasteiger partial charge on any atom is 0.234 e. The van der Waals surface area contributed by atoms with E-state index in [4.69, 9.17) is 0 Å². The van der Waals surface area contributed by atoms with Crippen molar-refractivity contribution in [3.05, 3.63) is 16.8 Å². The van der Waals surface area contributed by atoms with Crippen LogP contribution in [0.1, 0.15) is 37.1 Å². The molecule has 6 nitrogen and oxygen atoms in total. The first-order chi connectivity index (χ1) is 12.6. The van der Waals surface area contributed by atoms with Gasteiger partial charge in [-0.15, -0.1) is 11.3 Å². The minimum atomic E-state index is 0.116. The Morgan fingerprint density at radius 3 is 2.73 bits per heavy atom. The summed E-state index contributed by atoms with van der Waals surface area (Å²) < 4.78 is 0. The highest BCUT2D eigenvalue weighted by atomic mass is 32.1. The molecule has 4 rings (SSSR count). The number of aromatic nitrogens is 2. The molecule has 1 N–H and O–H groups in total. The van der Waals surface area contributed by atoms with E-state index in [-0.39, 0.29) is 11.9 Å². The molecule has 7 heteroatoms. The molecule has 0 aromatic carbocycles. The SMILES string of the molecule is CC(C)NC(=O)CN1CCN(c2ncnc3sc4c(c23)CCCC4)CC1. The van der Waals surface area contributed by atoms with Crippen LogP contribution in [0.4, 0.5) is 5.82 Å². The van der Waals surface area contributed by atoms with Gasteiger partial charge in [-0.25, -0.2) is 9.97 Å². The summed E-state index contributed by atoms with van der Waals surface area (Å²) in [6, 6.07) is 0.197. The fraction of sp³-hybridized carbons (Fsp3) is 0.632. The number of nitrogens with zero attached hydrogens (tertiary/aromatic N) is 4. The first kappa shape index (κ1) is 17.7. The highest BCUT2D eigenvalue weighted by Crippen LogP contribution is 2.39. The van der Waals surface area contributed by atoms with Crippen LogP contribution in [0.15, 0.2) is 6.33 Å². The zero-order valence-corrected chi connectivity index (χ0v) is 16.4. The average Bonchev–Trinajstić information content (AvgIpc) is 3.00. The number of thiophene rings is 1. The number of anilines is 1. The van der Waals surface area contributed by atoms with E-state index < -0.39 is 0 Å². The Morgan fingerprint density at radius 1 is 1.19 bits per heavy atom. The molecule has 1 aliphatic heterocycles. The highest BCUT2D eigenvalue weighted by molar-refractivity contribution is 7.19. The number of hydrogen-bond acceptors (Lipinski definition) is 6. The molecule has 0 radical (unpaired) electrons. The van der Waals surface area contributed by atoms with Crippen LogP contribution in [0.2, 0.25) is 0 Å². The number of fused-ring (bicyclic) bond motifs is 3. The number of nitrogens with one attached hydrogen (secondary N) is 1. The van der Waals surface area contributed by atoms with E-state index in [1.165, 1.54) is 35.1 Å². The fourth-order valence-electron chi connectivity index (χ4n) is 4.00. The van der Waals surface area contributed by atoms with Crippen LogP contribution in [0.3, 0.4) is 0 Å². The van der Waals surface area contributed by atoms with Crippen molar-refractivity contribution >= 4 is 33.3 Å². The average molecular weight is 374 g/mol. The maximum absolute atomic E-state index is 12.0. The molecule has 0 saturated carbocycles. The lowest BCUT2D eigenvalue weighted by Gasteiger charge is -2.35. The predicted molar refractivity (Wildman–Crippen MR) is 106 cm³/mol. The summed E-state index contributed by atoms with van der Waals surface area (Å²) >= 11 is 1.85. The molecule has 1 saturated heterocycles. The zero-order chi connectivity index (χ0) is 18.1. The van der Waals surface area contributed by atoms with E-state index in [1.54, 1.807) is 6.33 Å². The molecule has 2 aromatic rings. The second kappa shape index (κ2) is 7.48. The summed E-state index contributed by atoms with van der Waals surface area (Å²) in [4.78, 5) is 28.4. The Hall–Kier alpha value is -1.73. The van der Waals surface area contributed by atoms with Crippen LogP contribution in [-0.4, -0.2) is 59.5 Å². The van der Waals surface area contributed by atoms with Gasteiger partial charge in [0.2, 0.25) is 5.91 Å². The molecule has 1 aliphatic carbocycles. The quantitative estimate of drug-likeness (QED) is 0.890. The molecular weight excluding hydrogens is 346 g/mol. The van der Waals surface area contributed by atoms with Crippen molar-refractivity contribution in [1.82, 2.24) is 20.2 Å². The van der Waals surface area contributed by atoms with E-state index in [2.05, 4.69) is 25.1 Å². The number of amides is 1. The number of carbonyl (C=O) groups is 1. The van der Waals surface area contributed by atoms with Gasteiger partial charge in [0, 0.05) is 37.1 Å². The van der Waals surface area contributed by atoms with E-state index in [1.807, 2.05) is 25.2 Å². The largest absolute Gasteiger partial charge is 0.353 e. The number of carbonyl (C=O) groups excluding carboxylic acids is 1. The van der Waals surface area contributed by atoms with Gasteiger partial charge < -0.3 is 10.2 Å². The molecule has 0 unspecified atom stereocenters. The fourth-order valence-corrected chi connectivity index (χ4v) is 5.23. The smallest absolute Gasteiger partial charge is 0.234 e. The molecule has 0 bridgehead atoms. The van der Waals surface area contributed by atoms with Crippen molar-refractivity contribution < 1.29 is 4.79 Å². The minimum Gasteiger partial charge on any atom is -0.353 e. The van der Waals surface area contributed by atoms with Crippen LogP contribution >= 0.6 is 11.3 Å². The van der Waals surface area contributed by atoms with E-state index in [0.717, 1.165) is 43.2 Å². The lowest BCUT2D eigenvalue weighted by atomic mass is 9.97. The number of hydrogen-bond donors (Lipinski definition) is 1. The van der Waals surface area contributed by atoms with Gasteiger partial charge in [-0.3, -0.25) is 9.69 Å². The van der Waals surface area contributed by atoms with Crippen LogP contribution < -0.4 is 10.2 Å². The topological polar surface area (TPSA) is 61.4 Å². The van der Waals surface area contributed by atoms with Gasteiger partial charge in [0.1, 0.15) is 17.0 Å². The molecule has 0 spiro atoms. The van der Waals surface area contributed by atoms with Gasteiger partial charge in [0.25, 0.3) is 0 Å². The third-order valence-corrected chi connectivity index (χ3v) is 6.42. The Kier molecular flexibility index (Phi) is 5.09. The summed E-state index contributed by atoms with van der Waals surface area (Å²) in [5.74, 6) is 1.21. The van der Waals surface area contributed by atoms with E-state index in [9.17, 15) is 4.79 Å². The Balaban J connectivity index is 1.48. The van der Waals surface area contributed by atoms with Crippen LogP contribution in [0.25, 0.3) is 10.2 Å². The summed E-state index contributed by atoms with van der Waals surface area (Å²) in [5.41, 5.74) is 1.49. The third kappa shape index (κ3) is 3.55.